The van der Waals surface area contributed by atoms with E-state index in [2.05, 4.69) is 11.9 Å². The van der Waals surface area contributed by atoms with Crippen molar-refractivity contribution in [3.8, 4) is 0 Å². The van der Waals surface area contributed by atoms with Gasteiger partial charge in [-0.15, -0.1) is 0 Å². The number of amides is 1. The van der Waals surface area contributed by atoms with E-state index in [0.717, 1.165) is 11.6 Å². The summed E-state index contributed by atoms with van der Waals surface area (Å²) < 4.78 is 30.9. The Kier molecular flexibility index (Phi) is 6.33. The molecule has 1 amide bonds. The van der Waals surface area contributed by atoms with Crippen molar-refractivity contribution in [1.82, 2.24) is 5.32 Å². The average Bonchev–Trinajstić information content (AvgIpc) is 2.42. The van der Waals surface area contributed by atoms with E-state index in [0.29, 0.717) is 0 Å². The largest absolute Gasteiger partial charge is 0.346 e. The summed E-state index contributed by atoms with van der Waals surface area (Å²) in [6.07, 6.45) is 4.60. The highest BCUT2D eigenvalue weighted by Crippen LogP contribution is 2.11. The molecule has 0 radical (unpaired) electrons. The van der Waals surface area contributed by atoms with E-state index in [1.807, 2.05) is 30.3 Å². The van der Waals surface area contributed by atoms with Crippen LogP contribution in [0.2, 0.25) is 0 Å². The van der Waals surface area contributed by atoms with Gasteiger partial charge in [0, 0.05) is 0 Å². The van der Waals surface area contributed by atoms with Gasteiger partial charge in [0.2, 0.25) is 5.91 Å². The molecule has 0 aliphatic heterocycles. The lowest BCUT2D eigenvalue weighted by atomic mass is 10.0. The van der Waals surface area contributed by atoms with Crippen LogP contribution in [0.4, 0.5) is 0 Å². The minimum absolute atomic E-state index is 0.403. The van der Waals surface area contributed by atoms with Crippen molar-refractivity contribution in [3.63, 3.8) is 0 Å². The van der Waals surface area contributed by atoms with Crippen molar-refractivity contribution in [2.45, 2.75) is 13.0 Å². The van der Waals surface area contributed by atoms with E-state index in [4.69, 9.17) is 4.55 Å². The molecule has 0 spiro atoms. The Bertz CT molecular complexity index is 608. The molecular weight excluding hydrogens is 290 g/mol. The predicted octanol–water partition coefficient (Wildman–Crippen LogP) is 1.89. The first-order valence-corrected chi connectivity index (χ1v) is 8.04. The van der Waals surface area contributed by atoms with Crippen LogP contribution in [0, 0.1) is 5.92 Å². The second-order valence-electron chi connectivity index (χ2n) is 4.73. The number of nitrogens with one attached hydrogen (secondary N) is 1. The third-order valence-electron chi connectivity index (χ3n) is 2.88. The zero-order valence-electron chi connectivity index (χ0n) is 11.8. The molecule has 0 fully saturated rings. The van der Waals surface area contributed by atoms with E-state index in [1.54, 1.807) is 19.1 Å². The minimum Gasteiger partial charge on any atom is -0.346 e. The number of rotatable bonds is 7. The molecule has 0 aromatic heterocycles. The van der Waals surface area contributed by atoms with Gasteiger partial charge in [-0.2, -0.15) is 8.42 Å². The van der Waals surface area contributed by atoms with Crippen molar-refractivity contribution in [3.05, 3.63) is 54.6 Å². The van der Waals surface area contributed by atoms with Gasteiger partial charge in [-0.25, -0.2) is 0 Å². The van der Waals surface area contributed by atoms with Crippen molar-refractivity contribution < 1.29 is 17.8 Å². The Labute approximate surface area is 125 Å². The van der Waals surface area contributed by atoms with E-state index in [9.17, 15) is 13.2 Å². The monoisotopic (exact) mass is 309 g/mol. The normalized spacial score (nSPS) is 14.6. The SMILES string of the molecule is C=CC(=O)NC(C=Cc1ccccc1)C(C)CS(=O)(=O)O. The Hall–Kier alpha value is -1.92. The van der Waals surface area contributed by atoms with Gasteiger partial charge < -0.3 is 5.32 Å². The molecule has 2 N–H and O–H groups in total. The highest BCUT2D eigenvalue weighted by Gasteiger charge is 2.21. The summed E-state index contributed by atoms with van der Waals surface area (Å²) in [7, 11) is -4.10. The number of benzene rings is 1. The van der Waals surface area contributed by atoms with Crippen molar-refractivity contribution in [2.75, 3.05) is 5.75 Å². The van der Waals surface area contributed by atoms with Gasteiger partial charge in [-0.05, 0) is 17.6 Å². The minimum atomic E-state index is -4.10. The lowest BCUT2D eigenvalue weighted by Gasteiger charge is -2.20. The third-order valence-corrected chi connectivity index (χ3v) is 3.82. The molecule has 6 heteroatoms. The molecule has 0 saturated heterocycles. The Balaban J connectivity index is 2.88. The Morgan fingerprint density at radius 3 is 2.52 bits per heavy atom. The van der Waals surface area contributed by atoms with Gasteiger partial charge in [0.15, 0.2) is 0 Å². The van der Waals surface area contributed by atoms with Crippen LogP contribution in [0.1, 0.15) is 12.5 Å². The Morgan fingerprint density at radius 2 is 2.00 bits per heavy atom. The van der Waals surface area contributed by atoms with Crippen molar-refractivity contribution in [2.24, 2.45) is 5.92 Å². The molecule has 0 aliphatic rings. The summed E-state index contributed by atoms with van der Waals surface area (Å²) in [5, 5.41) is 2.64. The lowest BCUT2D eigenvalue weighted by Crippen LogP contribution is -2.39. The van der Waals surface area contributed by atoms with Gasteiger partial charge in [-0.3, -0.25) is 9.35 Å². The van der Waals surface area contributed by atoms with Crippen molar-refractivity contribution in [1.29, 1.82) is 0 Å². The van der Waals surface area contributed by atoms with Crippen LogP contribution in [0.3, 0.4) is 0 Å². The van der Waals surface area contributed by atoms with Crippen LogP contribution in [0.15, 0.2) is 49.1 Å². The second kappa shape index (κ2) is 7.75. The highest BCUT2D eigenvalue weighted by molar-refractivity contribution is 7.85. The predicted molar refractivity (Wildman–Crippen MR) is 83.2 cm³/mol. The van der Waals surface area contributed by atoms with Crippen LogP contribution in [0.25, 0.3) is 6.08 Å². The quantitative estimate of drug-likeness (QED) is 0.595. The molecule has 0 bridgehead atoms. The first-order chi connectivity index (χ1) is 9.81. The number of carbonyl (C=O) groups is 1. The molecule has 1 rings (SSSR count). The van der Waals surface area contributed by atoms with E-state index < -0.39 is 33.7 Å². The smallest absolute Gasteiger partial charge is 0.265 e. The molecule has 0 aliphatic carbocycles. The maximum absolute atomic E-state index is 11.4. The van der Waals surface area contributed by atoms with E-state index in [1.165, 1.54) is 0 Å². The molecule has 1 aromatic rings. The second-order valence-corrected chi connectivity index (χ2v) is 6.23. The zero-order chi connectivity index (χ0) is 15.9. The summed E-state index contributed by atoms with van der Waals surface area (Å²) >= 11 is 0. The topological polar surface area (TPSA) is 83.5 Å². The fourth-order valence-corrected chi connectivity index (χ4v) is 2.69. The highest BCUT2D eigenvalue weighted by atomic mass is 32.2. The Morgan fingerprint density at radius 1 is 1.38 bits per heavy atom. The zero-order valence-corrected chi connectivity index (χ0v) is 12.6. The molecular formula is C15H19NO4S. The van der Waals surface area contributed by atoms with Gasteiger partial charge in [-0.1, -0.05) is 56.0 Å². The maximum atomic E-state index is 11.4. The van der Waals surface area contributed by atoms with Crippen LogP contribution >= 0.6 is 0 Å². The standard InChI is InChI=1S/C15H19NO4S/c1-3-15(17)16-14(12(2)11-21(18,19)20)10-9-13-7-5-4-6-8-13/h3-10,12,14H,1,11H2,2H3,(H,16,17)(H,18,19,20). The molecule has 0 heterocycles. The summed E-state index contributed by atoms with van der Waals surface area (Å²) in [5.74, 6) is -1.32. The molecule has 21 heavy (non-hydrogen) atoms. The van der Waals surface area contributed by atoms with Gasteiger partial charge in [0.05, 0.1) is 11.8 Å². The first-order valence-electron chi connectivity index (χ1n) is 6.43. The maximum Gasteiger partial charge on any atom is 0.265 e. The molecule has 0 saturated carbocycles. The third kappa shape index (κ3) is 6.87. The van der Waals surface area contributed by atoms with Crippen LogP contribution in [-0.2, 0) is 14.9 Å². The molecule has 5 nitrogen and oxygen atoms in total. The average molecular weight is 309 g/mol. The lowest BCUT2D eigenvalue weighted by molar-refractivity contribution is -0.117. The summed E-state index contributed by atoms with van der Waals surface area (Å²) in [6, 6.07) is 8.87. The van der Waals surface area contributed by atoms with E-state index >= 15 is 0 Å². The number of carbonyl (C=O) groups excluding carboxylic acids is 1. The van der Waals surface area contributed by atoms with Crippen molar-refractivity contribution >= 4 is 22.1 Å². The van der Waals surface area contributed by atoms with Gasteiger partial charge in [0.25, 0.3) is 10.1 Å². The fourth-order valence-electron chi connectivity index (χ4n) is 1.82. The number of hydrogen-bond acceptors (Lipinski definition) is 3. The molecule has 1 aromatic carbocycles. The number of hydrogen-bond donors (Lipinski definition) is 2. The van der Waals surface area contributed by atoms with Gasteiger partial charge >= 0.3 is 0 Å². The molecule has 2 unspecified atom stereocenters. The molecule has 114 valence electrons. The summed E-state index contributed by atoms with van der Waals surface area (Å²) in [5.41, 5.74) is 0.925. The first kappa shape index (κ1) is 17.1. The van der Waals surface area contributed by atoms with Gasteiger partial charge in [0.1, 0.15) is 0 Å². The summed E-state index contributed by atoms with van der Waals surface area (Å²) in [6.45, 7) is 5.00. The van der Waals surface area contributed by atoms with E-state index in [-0.39, 0.29) is 0 Å². The van der Waals surface area contributed by atoms with Crippen LogP contribution < -0.4 is 5.32 Å². The molecule has 2 atom stereocenters. The van der Waals surface area contributed by atoms with Crippen LogP contribution in [-0.4, -0.2) is 30.7 Å². The summed E-state index contributed by atoms with van der Waals surface area (Å²) in [4.78, 5) is 11.4. The fraction of sp³-hybridized carbons (Fsp3) is 0.267. The van der Waals surface area contributed by atoms with Crippen LogP contribution in [0.5, 0.6) is 0 Å².